The molecule has 0 bridgehead atoms. The largest absolute Gasteiger partial charge is 0.372 e. The number of nitrogens with one attached hydrogen (secondary N) is 2. The van der Waals surface area contributed by atoms with Crippen LogP contribution in [0.1, 0.15) is 20.3 Å². The standard InChI is InChI=1S/C11H17BrN4O3S/c1-11(2,5-9(13)17)16-20(18,19)8-4-7(12)6-15-10(8)14-3/h4,6,16H,5H2,1-3H3,(H2,13,17)(H,14,15). The van der Waals surface area contributed by atoms with Gasteiger partial charge in [-0.2, -0.15) is 0 Å². The number of pyridine rings is 1. The van der Waals surface area contributed by atoms with E-state index in [9.17, 15) is 13.2 Å². The summed E-state index contributed by atoms with van der Waals surface area (Å²) < 4.78 is 27.8. The SMILES string of the molecule is CNc1ncc(Br)cc1S(=O)(=O)NC(C)(C)CC(N)=O. The van der Waals surface area contributed by atoms with Gasteiger partial charge in [-0.05, 0) is 35.8 Å². The van der Waals surface area contributed by atoms with Crippen LogP contribution in [-0.2, 0) is 14.8 Å². The second-order valence-corrected chi connectivity index (χ2v) is 7.45. The number of anilines is 1. The van der Waals surface area contributed by atoms with E-state index < -0.39 is 21.5 Å². The van der Waals surface area contributed by atoms with Gasteiger partial charge in [-0.15, -0.1) is 0 Å². The van der Waals surface area contributed by atoms with E-state index in [0.717, 1.165) is 0 Å². The van der Waals surface area contributed by atoms with Crippen LogP contribution in [0, 0.1) is 0 Å². The molecule has 1 aromatic rings. The second-order valence-electron chi connectivity index (χ2n) is 4.88. The molecule has 1 heterocycles. The van der Waals surface area contributed by atoms with Gasteiger partial charge in [0.1, 0.15) is 10.7 Å². The number of amides is 1. The Balaban J connectivity index is 3.17. The van der Waals surface area contributed by atoms with Crippen LogP contribution in [-0.4, -0.2) is 31.9 Å². The van der Waals surface area contributed by atoms with Crippen LogP contribution in [0.5, 0.6) is 0 Å². The summed E-state index contributed by atoms with van der Waals surface area (Å²) in [6.45, 7) is 3.17. The normalized spacial score (nSPS) is 12.2. The highest BCUT2D eigenvalue weighted by Crippen LogP contribution is 2.24. The number of hydrogen-bond donors (Lipinski definition) is 3. The van der Waals surface area contributed by atoms with Gasteiger partial charge in [-0.3, -0.25) is 4.79 Å². The molecule has 0 aliphatic rings. The Morgan fingerprint density at radius 1 is 1.50 bits per heavy atom. The van der Waals surface area contributed by atoms with Crippen molar-refractivity contribution in [2.45, 2.75) is 30.7 Å². The molecular formula is C11H17BrN4O3S. The van der Waals surface area contributed by atoms with Crippen molar-refractivity contribution in [3.05, 3.63) is 16.7 Å². The molecule has 1 rings (SSSR count). The molecule has 7 nitrogen and oxygen atoms in total. The summed E-state index contributed by atoms with van der Waals surface area (Å²) in [7, 11) is -2.27. The smallest absolute Gasteiger partial charge is 0.244 e. The predicted octanol–water partition coefficient (Wildman–Crippen LogP) is 0.818. The van der Waals surface area contributed by atoms with E-state index in [4.69, 9.17) is 5.73 Å². The fourth-order valence-electron chi connectivity index (χ4n) is 1.70. The van der Waals surface area contributed by atoms with Crippen LogP contribution in [0.4, 0.5) is 5.82 Å². The van der Waals surface area contributed by atoms with Crippen molar-refractivity contribution < 1.29 is 13.2 Å². The minimum atomic E-state index is -3.84. The molecule has 0 aliphatic carbocycles. The molecule has 1 amide bonds. The van der Waals surface area contributed by atoms with E-state index >= 15 is 0 Å². The van der Waals surface area contributed by atoms with Crippen LogP contribution in [0.15, 0.2) is 21.6 Å². The molecule has 0 saturated carbocycles. The van der Waals surface area contributed by atoms with Crippen molar-refractivity contribution in [1.29, 1.82) is 0 Å². The molecule has 0 aromatic carbocycles. The lowest BCUT2D eigenvalue weighted by Gasteiger charge is -2.24. The topological polar surface area (TPSA) is 114 Å². The highest BCUT2D eigenvalue weighted by Gasteiger charge is 2.29. The first-order chi connectivity index (χ1) is 9.07. The first-order valence-corrected chi connectivity index (χ1v) is 8.00. The predicted molar refractivity (Wildman–Crippen MR) is 79.7 cm³/mol. The molecule has 0 aliphatic heterocycles. The number of hydrogen-bond acceptors (Lipinski definition) is 5. The van der Waals surface area contributed by atoms with Gasteiger partial charge in [0.25, 0.3) is 0 Å². The van der Waals surface area contributed by atoms with Gasteiger partial charge in [0.05, 0.1) is 0 Å². The summed E-state index contributed by atoms with van der Waals surface area (Å²) in [5.41, 5.74) is 4.12. The van der Waals surface area contributed by atoms with Gasteiger partial charge in [0, 0.05) is 29.7 Å². The number of nitrogens with zero attached hydrogens (tertiary/aromatic N) is 1. The number of aromatic nitrogens is 1. The van der Waals surface area contributed by atoms with E-state index in [1.54, 1.807) is 20.9 Å². The maximum absolute atomic E-state index is 12.4. The van der Waals surface area contributed by atoms with Crippen molar-refractivity contribution in [3.8, 4) is 0 Å². The van der Waals surface area contributed by atoms with E-state index in [1.165, 1.54) is 12.3 Å². The molecule has 1 aromatic heterocycles. The zero-order valence-electron chi connectivity index (χ0n) is 11.4. The summed E-state index contributed by atoms with van der Waals surface area (Å²) >= 11 is 3.18. The molecule has 0 radical (unpaired) electrons. The van der Waals surface area contributed by atoms with E-state index in [2.05, 4.69) is 31.0 Å². The van der Waals surface area contributed by atoms with Gasteiger partial charge in [-0.1, -0.05) is 0 Å². The van der Waals surface area contributed by atoms with Gasteiger partial charge in [-0.25, -0.2) is 18.1 Å². The molecule has 20 heavy (non-hydrogen) atoms. The zero-order valence-corrected chi connectivity index (χ0v) is 13.8. The van der Waals surface area contributed by atoms with Gasteiger partial charge >= 0.3 is 0 Å². The second kappa shape index (κ2) is 6.06. The first-order valence-electron chi connectivity index (χ1n) is 5.73. The number of primary amides is 1. The third kappa shape index (κ3) is 4.43. The Morgan fingerprint density at radius 2 is 2.10 bits per heavy atom. The average Bonchev–Trinajstić information content (AvgIpc) is 2.25. The highest BCUT2D eigenvalue weighted by atomic mass is 79.9. The number of carbonyl (C=O) groups excluding carboxylic acids is 1. The average molecular weight is 365 g/mol. The molecule has 0 unspecified atom stereocenters. The Hall–Kier alpha value is -1.19. The van der Waals surface area contributed by atoms with E-state index in [0.29, 0.717) is 4.47 Å². The molecule has 0 spiro atoms. The van der Waals surface area contributed by atoms with Crippen LogP contribution in [0.2, 0.25) is 0 Å². The molecule has 0 saturated heterocycles. The van der Waals surface area contributed by atoms with Crippen LogP contribution >= 0.6 is 15.9 Å². The minimum absolute atomic E-state index is 0.00748. The number of rotatable bonds is 6. The maximum Gasteiger partial charge on any atom is 0.244 e. The third-order valence-electron chi connectivity index (χ3n) is 2.37. The molecule has 9 heteroatoms. The van der Waals surface area contributed by atoms with Crippen molar-refractivity contribution in [2.75, 3.05) is 12.4 Å². The van der Waals surface area contributed by atoms with Crippen LogP contribution < -0.4 is 15.8 Å². The van der Waals surface area contributed by atoms with Crippen molar-refractivity contribution in [1.82, 2.24) is 9.71 Å². The molecule has 4 N–H and O–H groups in total. The van der Waals surface area contributed by atoms with Crippen LogP contribution in [0.25, 0.3) is 0 Å². The Bertz CT molecular complexity index is 616. The summed E-state index contributed by atoms with van der Waals surface area (Å²) in [5.74, 6) is -0.366. The summed E-state index contributed by atoms with van der Waals surface area (Å²) in [6.07, 6.45) is 1.38. The van der Waals surface area contributed by atoms with Gasteiger partial charge in [0.15, 0.2) is 0 Å². The zero-order chi connectivity index (χ0) is 15.6. The highest BCUT2D eigenvalue weighted by molar-refractivity contribution is 9.10. The molecule has 0 atom stereocenters. The Kier molecular flexibility index (Phi) is 5.11. The molecular weight excluding hydrogens is 348 g/mol. The summed E-state index contributed by atoms with van der Waals surface area (Å²) in [6, 6.07) is 1.43. The fourth-order valence-corrected chi connectivity index (χ4v) is 3.79. The van der Waals surface area contributed by atoms with E-state index in [-0.39, 0.29) is 17.1 Å². The van der Waals surface area contributed by atoms with E-state index in [1.807, 2.05) is 0 Å². The van der Waals surface area contributed by atoms with Gasteiger partial charge in [0.2, 0.25) is 15.9 Å². The number of halogens is 1. The fraction of sp³-hybridized carbons (Fsp3) is 0.455. The van der Waals surface area contributed by atoms with Gasteiger partial charge < -0.3 is 11.1 Å². The quantitative estimate of drug-likeness (QED) is 0.691. The van der Waals surface area contributed by atoms with Crippen molar-refractivity contribution in [2.24, 2.45) is 5.73 Å². The van der Waals surface area contributed by atoms with Crippen molar-refractivity contribution >= 4 is 37.7 Å². The monoisotopic (exact) mass is 364 g/mol. The number of sulfonamides is 1. The molecule has 112 valence electrons. The van der Waals surface area contributed by atoms with Crippen molar-refractivity contribution in [3.63, 3.8) is 0 Å². The summed E-state index contributed by atoms with van der Waals surface area (Å²) in [5, 5.41) is 2.71. The summed E-state index contributed by atoms with van der Waals surface area (Å²) in [4.78, 5) is 14.9. The lowest BCUT2D eigenvalue weighted by Crippen LogP contribution is -2.46. The Morgan fingerprint density at radius 3 is 2.60 bits per heavy atom. The third-order valence-corrected chi connectivity index (χ3v) is 4.52. The first kappa shape index (κ1) is 16.9. The lowest BCUT2D eigenvalue weighted by molar-refractivity contribution is -0.119. The minimum Gasteiger partial charge on any atom is -0.372 e. The Labute approximate surface area is 126 Å². The maximum atomic E-state index is 12.4. The lowest BCUT2D eigenvalue weighted by atomic mass is 10.0. The number of carbonyl (C=O) groups is 1. The number of nitrogens with two attached hydrogens (primary N) is 1. The van der Waals surface area contributed by atoms with Crippen LogP contribution in [0.3, 0.4) is 0 Å². The molecule has 0 fully saturated rings.